The van der Waals surface area contributed by atoms with Crippen molar-refractivity contribution in [2.45, 2.75) is 6.92 Å². The van der Waals surface area contributed by atoms with Crippen molar-refractivity contribution >= 4 is 28.9 Å². The number of hydrogen-bond acceptors (Lipinski definition) is 5. The van der Waals surface area contributed by atoms with Crippen molar-refractivity contribution in [2.24, 2.45) is 0 Å². The molecule has 0 unspecified atom stereocenters. The molecule has 0 heterocycles. The molecule has 0 atom stereocenters. The Kier molecular flexibility index (Phi) is 6.07. The molecule has 0 fully saturated rings. The summed E-state index contributed by atoms with van der Waals surface area (Å²) in [5, 5.41) is 16.7. The lowest BCUT2D eigenvalue weighted by atomic mass is 10.1. The predicted molar refractivity (Wildman–Crippen MR) is 113 cm³/mol. The number of para-hydroxylation sites is 1. The Labute approximate surface area is 172 Å². The highest BCUT2D eigenvalue weighted by Crippen LogP contribution is 2.28. The predicted octanol–water partition coefficient (Wildman–Crippen LogP) is 4.42. The van der Waals surface area contributed by atoms with E-state index in [-0.39, 0.29) is 22.9 Å². The van der Waals surface area contributed by atoms with Crippen molar-refractivity contribution in [2.75, 3.05) is 17.7 Å². The Morgan fingerprint density at radius 1 is 0.933 bits per heavy atom. The molecule has 2 amide bonds. The van der Waals surface area contributed by atoms with Crippen molar-refractivity contribution in [3.63, 3.8) is 0 Å². The second-order valence-corrected chi connectivity index (χ2v) is 6.40. The molecule has 0 spiro atoms. The Hall–Kier alpha value is -4.20. The van der Waals surface area contributed by atoms with Crippen LogP contribution in [0.5, 0.6) is 5.75 Å². The third-order valence-corrected chi connectivity index (χ3v) is 4.50. The summed E-state index contributed by atoms with van der Waals surface area (Å²) in [7, 11) is 1.32. The third-order valence-electron chi connectivity index (χ3n) is 4.50. The van der Waals surface area contributed by atoms with Gasteiger partial charge in [-0.05, 0) is 48.9 Å². The van der Waals surface area contributed by atoms with E-state index in [1.54, 1.807) is 37.3 Å². The smallest absolute Gasteiger partial charge is 0.311 e. The number of amides is 2. The molecule has 0 aliphatic carbocycles. The molecular formula is C22H19N3O5. The van der Waals surface area contributed by atoms with E-state index in [0.717, 1.165) is 6.07 Å². The van der Waals surface area contributed by atoms with E-state index in [0.29, 0.717) is 22.5 Å². The lowest BCUT2D eigenvalue weighted by Crippen LogP contribution is -2.17. The van der Waals surface area contributed by atoms with Crippen molar-refractivity contribution in [1.82, 2.24) is 0 Å². The van der Waals surface area contributed by atoms with Gasteiger partial charge in [-0.3, -0.25) is 19.7 Å². The van der Waals surface area contributed by atoms with Gasteiger partial charge in [0.25, 0.3) is 11.8 Å². The number of rotatable bonds is 6. The monoisotopic (exact) mass is 405 g/mol. The molecular weight excluding hydrogens is 386 g/mol. The summed E-state index contributed by atoms with van der Waals surface area (Å²) in [5.74, 6) is -0.785. The van der Waals surface area contributed by atoms with Crippen LogP contribution in [-0.4, -0.2) is 23.8 Å². The summed E-state index contributed by atoms with van der Waals surface area (Å²) in [4.78, 5) is 35.8. The third kappa shape index (κ3) is 4.44. The number of anilines is 2. The van der Waals surface area contributed by atoms with Crippen LogP contribution in [0.2, 0.25) is 0 Å². The van der Waals surface area contributed by atoms with E-state index in [1.807, 2.05) is 18.2 Å². The maximum absolute atomic E-state index is 12.6. The van der Waals surface area contributed by atoms with E-state index in [2.05, 4.69) is 10.6 Å². The molecule has 8 nitrogen and oxygen atoms in total. The molecule has 3 rings (SSSR count). The molecule has 0 saturated carbocycles. The summed E-state index contributed by atoms with van der Waals surface area (Å²) in [5.41, 5.74) is 1.85. The highest BCUT2D eigenvalue weighted by Gasteiger charge is 2.19. The first kappa shape index (κ1) is 20.5. The number of carbonyl (C=O) groups excluding carboxylic acids is 2. The van der Waals surface area contributed by atoms with Crippen LogP contribution >= 0.6 is 0 Å². The quantitative estimate of drug-likeness (QED) is 0.466. The van der Waals surface area contributed by atoms with Gasteiger partial charge in [0.1, 0.15) is 0 Å². The number of nitro groups is 1. The molecule has 0 bridgehead atoms. The summed E-state index contributed by atoms with van der Waals surface area (Å²) < 4.78 is 4.95. The van der Waals surface area contributed by atoms with Gasteiger partial charge in [0, 0.05) is 28.6 Å². The first-order valence-electron chi connectivity index (χ1n) is 9.00. The number of methoxy groups -OCH3 is 1. The minimum absolute atomic E-state index is 0.0623. The average Bonchev–Trinajstić information content (AvgIpc) is 2.75. The lowest BCUT2D eigenvalue weighted by molar-refractivity contribution is -0.385. The van der Waals surface area contributed by atoms with E-state index < -0.39 is 10.8 Å². The van der Waals surface area contributed by atoms with Crippen LogP contribution in [0.4, 0.5) is 17.1 Å². The Morgan fingerprint density at radius 2 is 1.67 bits per heavy atom. The van der Waals surface area contributed by atoms with Crippen LogP contribution in [0.1, 0.15) is 26.3 Å². The zero-order valence-electron chi connectivity index (χ0n) is 16.3. The van der Waals surface area contributed by atoms with Gasteiger partial charge in [-0.15, -0.1) is 0 Å². The topological polar surface area (TPSA) is 111 Å². The fourth-order valence-corrected chi connectivity index (χ4v) is 2.91. The second-order valence-electron chi connectivity index (χ2n) is 6.40. The molecule has 0 saturated heterocycles. The van der Waals surface area contributed by atoms with Crippen LogP contribution in [0, 0.1) is 17.0 Å². The Balaban J connectivity index is 1.83. The highest BCUT2D eigenvalue weighted by molar-refractivity contribution is 6.09. The van der Waals surface area contributed by atoms with Gasteiger partial charge in [0.05, 0.1) is 12.0 Å². The minimum Gasteiger partial charge on any atom is -0.490 e. The Morgan fingerprint density at radius 3 is 2.33 bits per heavy atom. The first-order valence-corrected chi connectivity index (χ1v) is 9.00. The van der Waals surface area contributed by atoms with Crippen LogP contribution < -0.4 is 15.4 Å². The van der Waals surface area contributed by atoms with Gasteiger partial charge in [-0.25, -0.2) is 0 Å². The molecule has 0 aliphatic rings. The molecule has 152 valence electrons. The second kappa shape index (κ2) is 8.87. The van der Waals surface area contributed by atoms with E-state index in [4.69, 9.17) is 4.74 Å². The number of hydrogen-bond donors (Lipinski definition) is 2. The molecule has 3 aromatic rings. The van der Waals surface area contributed by atoms with Crippen molar-refractivity contribution < 1.29 is 19.2 Å². The summed E-state index contributed by atoms with van der Waals surface area (Å²) in [6.07, 6.45) is 0. The molecule has 8 heteroatoms. The molecule has 0 aliphatic heterocycles. The van der Waals surface area contributed by atoms with Crippen molar-refractivity contribution in [3.05, 3.63) is 93.5 Å². The van der Waals surface area contributed by atoms with Gasteiger partial charge in [0.15, 0.2) is 5.75 Å². The zero-order valence-corrected chi connectivity index (χ0v) is 16.3. The average molecular weight is 405 g/mol. The number of benzene rings is 3. The minimum atomic E-state index is -0.616. The standard InChI is InChI=1S/C22H19N3O5/c1-14-17(22(27)23-16-7-4-3-5-8-16)9-6-10-18(14)24-21(26)15-11-12-20(30-2)19(13-15)25(28)29/h3-13H,1-2H3,(H,23,27)(H,24,26). The van der Waals surface area contributed by atoms with Crippen LogP contribution in [0.25, 0.3) is 0 Å². The molecule has 3 aromatic carbocycles. The van der Waals surface area contributed by atoms with E-state index >= 15 is 0 Å². The molecule has 0 radical (unpaired) electrons. The number of nitrogens with zero attached hydrogens (tertiary/aromatic N) is 1. The number of carbonyl (C=O) groups is 2. The summed E-state index contributed by atoms with van der Waals surface area (Å²) in [6, 6.07) is 17.9. The summed E-state index contributed by atoms with van der Waals surface area (Å²) >= 11 is 0. The van der Waals surface area contributed by atoms with Crippen molar-refractivity contribution in [1.29, 1.82) is 0 Å². The zero-order chi connectivity index (χ0) is 21.7. The number of ether oxygens (including phenoxy) is 1. The largest absolute Gasteiger partial charge is 0.490 e. The van der Waals surface area contributed by atoms with Gasteiger partial charge in [-0.2, -0.15) is 0 Å². The molecule has 0 aromatic heterocycles. The fourth-order valence-electron chi connectivity index (χ4n) is 2.91. The van der Waals surface area contributed by atoms with Gasteiger partial charge >= 0.3 is 5.69 Å². The van der Waals surface area contributed by atoms with Crippen LogP contribution in [0.3, 0.4) is 0 Å². The van der Waals surface area contributed by atoms with Gasteiger partial charge in [0.2, 0.25) is 0 Å². The summed E-state index contributed by atoms with van der Waals surface area (Å²) in [6.45, 7) is 1.71. The lowest BCUT2D eigenvalue weighted by Gasteiger charge is -2.13. The maximum atomic E-state index is 12.6. The molecule has 2 N–H and O–H groups in total. The van der Waals surface area contributed by atoms with Crippen LogP contribution in [0.15, 0.2) is 66.7 Å². The fraction of sp³-hybridized carbons (Fsp3) is 0.0909. The first-order chi connectivity index (χ1) is 14.4. The van der Waals surface area contributed by atoms with E-state index in [9.17, 15) is 19.7 Å². The highest BCUT2D eigenvalue weighted by atomic mass is 16.6. The number of nitrogens with one attached hydrogen (secondary N) is 2. The number of nitro benzene ring substituents is 1. The normalized spacial score (nSPS) is 10.2. The molecule has 30 heavy (non-hydrogen) atoms. The van der Waals surface area contributed by atoms with Crippen LogP contribution in [-0.2, 0) is 0 Å². The van der Waals surface area contributed by atoms with Crippen molar-refractivity contribution in [3.8, 4) is 5.75 Å². The Bertz CT molecular complexity index is 1110. The SMILES string of the molecule is COc1ccc(C(=O)Nc2cccc(C(=O)Nc3ccccc3)c2C)cc1[N+](=O)[O-]. The maximum Gasteiger partial charge on any atom is 0.311 e. The van der Waals surface area contributed by atoms with E-state index in [1.165, 1.54) is 19.2 Å². The van der Waals surface area contributed by atoms with Gasteiger partial charge in [-0.1, -0.05) is 24.3 Å². The van der Waals surface area contributed by atoms with Gasteiger partial charge < -0.3 is 15.4 Å².